The number of alkyl halides is 3. The molecule has 0 N–H and O–H groups in total. The number of carbonyl (C=O) groups excluding carboxylic acids is 1. The zero-order valence-corrected chi connectivity index (χ0v) is 12.5. The fourth-order valence-corrected chi connectivity index (χ4v) is 2.75. The minimum absolute atomic E-state index is 0.0366. The Morgan fingerprint density at radius 3 is 2.59 bits per heavy atom. The number of pyridine rings is 1. The topological polar surface area (TPSA) is 48.3 Å². The largest absolute Gasteiger partial charge is 0.468 e. The average Bonchev–Trinajstić information content (AvgIpc) is 2.47. The predicted octanol–water partition coefficient (Wildman–Crippen LogP) is 2.82. The quantitative estimate of drug-likeness (QED) is 0.641. The van der Waals surface area contributed by atoms with Crippen LogP contribution in [0.1, 0.15) is 5.69 Å². The lowest BCUT2D eigenvalue weighted by molar-refractivity contribution is -0.143. The monoisotopic (exact) mass is 331 g/mol. The smallest absolute Gasteiger partial charge is 0.431 e. The van der Waals surface area contributed by atoms with Gasteiger partial charge < -0.3 is 9.30 Å². The van der Waals surface area contributed by atoms with Crippen LogP contribution in [0.5, 0.6) is 0 Å². The number of carbonyl (C=O) groups is 1. The standard InChI is InChI=1S/C14H12F3NO3S/c1-18-10-5-8(22-7-13(20)21-2)3-4-9(10)11(19)6-12(18)14(15,16)17/h3-6H,7H2,1-2H3. The Kier molecular flexibility index (Phi) is 4.50. The first kappa shape index (κ1) is 16.4. The molecular formula is C14H12F3NO3S. The molecule has 0 saturated heterocycles. The summed E-state index contributed by atoms with van der Waals surface area (Å²) in [5.41, 5.74) is -1.54. The van der Waals surface area contributed by atoms with Crippen molar-refractivity contribution < 1.29 is 22.7 Å². The number of aryl methyl sites for hydroxylation is 1. The number of esters is 1. The fraction of sp³-hybridized carbons (Fsp3) is 0.286. The van der Waals surface area contributed by atoms with E-state index in [1.807, 2.05) is 0 Å². The van der Waals surface area contributed by atoms with E-state index < -0.39 is 23.3 Å². The summed E-state index contributed by atoms with van der Waals surface area (Å²) >= 11 is 1.12. The van der Waals surface area contributed by atoms with E-state index in [9.17, 15) is 22.8 Å². The highest BCUT2D eigenvalue weighted by Gasteiger charge is 2.34. The van der Waals surface area contributed by atoms with Gasteiger partial charge in [-0.3, -0.25) is 9.59 Å². The van der Waals surface area contributed by atoms with Crippen molar-refractivity contribution in [3.8, 4) is 0 Å². The van der Waals surface area contributed by atoms with Gasteiger partial charge in [-0.2, -0.15) is 13.2 Å². The summed E-state index contributed by atoms with van der Waals surface area (Å²) in [6.07, 6.45) is -4.61. The molecule has 0 radical (unpaired) electrons. The Labute approximate surface area is 127 Å². The third-order valence-corrected chi connectivity index (χ3v) is 4.07. The van der Waals surface area contributed by atoms with Crippen LogP contribution in [-0.2, 0) is 22.8 Å². The number of fused-ring (bicyclic) bond motifs is 1. The van der Waals surface area contributed by atoms with Crippen LogP contribution in [0, 0.1) is 0 Å². The number of aromatic nitrogens is 1. The summed E-state index contributed by atoms with van der Waals surface area (Å²) in [4.78, 5) is 23.5. The predicted molar refractivity (Wildman–Crippen MR) is 76.9 cm³/mol. The van der Waals surface area contributed by atoms with Gasteiger partial charge in [-0.05, 0) is 18.2 Å². The zero-order chi connectivity index (χ0) is 16.5. The van der Waals surface area contributed by atoms with Gasteiger partial charge in [0.05, 0.1) is 18.4 Å². The summed E-state index contributed by atoms with van der Waals surface area (Å²) < 4.78 is 44.2. The van der Waals surface area contributed by atoms with Gasteiger partial charge in [0.2, 0.25) is 0 Å². The highest BCUT2D eigenvalue weighted by Crippen LogP contribution is 2.30. The van der Waals surface area contributed by atoms with Crippen molar-refractivity contribution in [3.05, 3.63) is 40.2 Å². The number of hydrogen-bond donors (Lipinski definition) is 0. The van der Waals surface area contributed by atoms with Crippen LogP contribution < -0.4 is 5.43 Å². The molecule has 2 rings (SSSR count). The Balaban J connectivity index is 2.53. The van der Waals surface area contributed by atoms with E-state index in [0.29, 0.717) is 11.0 Å². The molecule has 0 fully saturated rings. The van der Waals surface area contributed by atoms with E-state index in [1.165, 1.54) is 26.3 Å². The van der Waals surface area contributed by atoms with E-state index in [2.05, 4.69) is 4.74 Å². The van der Waals surface area contributed by atoms with Gasteiger partial charge in [0, 0.05) is 23.4 Å². The Hall–Kier alpha value is -1.96. The Morgan fingerprint density at radius 2 is 2.00 bits per heavy atom. The van der Waals surface area contributed by atoms with Gasteiger partial charge in [-0.1, -0.05) is 0 Å². The maximum absolute atomic E-state index is 12.9. The highest BCUT2D eigenvalue weighted by atomic mass is 32.2. The number of nitrogens with zero attached hydrogens (tertiary/aromatic N) is 1. The van der Waals surface area contributed by atoms with E-state index in [-0.39, 0.29) is 16.7 Å². The zero-order valence-electron chi connectivity index (χ0n) is 11.7. The molecule has 4 nitrogen and oxygen atoms in total. The van der Waals surface area contributed by atoms with Crippen LogP contribution in [-0.4, -0.2) is 23.4 Å². The molecule has 118 valence electrons. The molecular weight excluding hydrogens is 319 g/mol. The normalized spacial score (nSPS) is 11.7. The van der Waals surface area contributed by atoms with Crippen molar-refractivity contribution in [2.45, 2.75) is 11.1 Å². The fourth-order valence-electron chi connectivity index (χ4n) is 1.99. The minimum atomic E-state index is -4.61. The first-order chi connectivity index (χ1) is 10.2. The molecule has 0 aliphatic carbocycles. The van der Waals surface area contributed by atoms with Crippen LogP contribution in [0.25, 0.3) is 10.9 Å². The van der Waals surface area contributed by atoms with Crippen molar-refractivity contribution in [1.29, 1.82) is 0 Å². The molecule has 8 heteroatoms. The molecule has 0 aliphatic rings. The minimum Gasteiger partial charge on any atom is -0.468 e. The van der Waals surface area contributed by atoms with Crippen molar-refractivity contribution in [2.75, 3.05) is 12.9 Å². The SMILES string of the molecule is COC(=O)CSc1ccc2c(=O)cc(C(F)(F)F)n(C)c2c1. The number of thioether (sulfide) groups is 1. The third-order valence-electron chi connectivity index (χ3n) is 3.10. The summed E-state index contributed by atoms with van der Waals surface area (Å²) in [7, 11) is 2.50. The molecule has 1 aromatic carbocycles. The number of halogens is 3. The second kappa shape index (κ2) is 6.04. The molecule has 0 spiro atoms. The van der Waals surface area contributed by atoms with E-state index in [0.717, 1.165) is 16.3 Å². The number of methoxy groups -OCH3 is 1. The van der Waals surface area contributed by atoms with Gasteiger partial charge in [-0.15, -0.1) is 11.8 Å². The molecule has 0 atom stereocenters. The first-order valence-electron chi connectivity index (χ1n) is 6.14. The van der Waals surface area contributed by atoms with Crippen LogP contribution in [0.4, 0.5) is 13.2 Å². The number of ether oxygens (including phenoxy) is 1. The molecule has 0 unspecified atom stereocenters. The molecule has 1 heterocycles. The summed E-state index contributed by atoms with van der Waals surface area (Å²) in [6, 6.07) is 5.09. The van der Waals surface area contributed by atoms with Crippen LogP contribution in [0.2, 0.25) is 0 Å². The summed E-state index contributed by atoms with van der Waals surface area (Å²) in [5, 5.41) is 0.193. The molecule has 0 aliphatic heterocycles. The van der Waals surface area contributed by atoms with Crippen molar-refractivity contribution in [2.24, 2.45) is 7.05 Å². The van der Waals surface area contributed by atoms with Gasteiger partial charge in [0.25, 0.3) is 0 Å². The van der Waals surface area contributed by atoms with E-state index in [1.54, 1.807) is 6.07 Å². The van der Waals surface area contributed by atoms with Gasteiger partial charge >= 0.3 is 12.1 Å². The second-order valence-electron chi connectivity index (χ2n) is 4.49. The lowest BCUT2D eigenvalue weighted by atomic mass is 10.2. The highest BCUT2D eigenvalue weighted by molar-refractivity contribution is 8.00. The van der Waals surface area contributed by atoms with Crippen molar-refractivity contribution >= 4 is 28.6 Å². The molecule has 22 heavy (non-hydrogen) atoms. The Morgan fingerprint density at radius 1 is 1.32 bits per heavy atom. The maximum atomic E-state index is 12.9. The molecule has 0 saturated carbocycles. The maximum Gasteiger partial charge on any atom is 0.431 e. The second-order valence-corrected chi connectivity index (χ2v) is 5.54. The van der Waals surface area contributed by atoms with Crippen LogP contribution in [0.3, 0.4) is 0 Å². The first-order valence-corrected chi connectivity index (χ1v) is 7.13. The van der Waals surface area contributed by atoms with E-state index >= 15 is 0 Å². The lowest BCUT2D eigenvalue weighted by Crippen LogP contribution is -2.19. The number of rotatable bonds is 3. The molecule has 2 aromatic rings. The van der Waals surface area contributed by atoms with Crippen molar-refractivity contribution in [3.63, 3.8) is 0 Å². The van der Waals surface area contributed by atoms with Gasteiger partial charge in [0.1, 0.15) is 5.69 Å². The van der Waals surface area contributed by atoms with Crippen molar-refractivity contribution in [1.82, 2.24) is 4.57 Å². The Bertz CT molecular complexity index is 783. The van der Waals surface area contributed by atoms with Crippen LogP contribution in [0.15, 0.2) is 34.0 Å². The molecule has 0 bridgehead atoms. The average molecular weight is 331 g/mol. The number of hydrogen-bond acceptors (Lipinski definition) is 4. The summed E-state index contributed by atoms with van der Waals surface area (Å²) in [5.74, 6) is -0.405. The summed E-state index contributed by atoms with van der Waals surface area (Å²) in [6.45, 7) is 0. The van der Waals surface area contributed by atoms with E-state index in [4.69, 9.17) is 0 Å². The van der Waals surface area contributed by atoms with Crippen LogP contribution >= 0.6 is 11.8 Å². The third kappa shape index (κ3) is 3.27. The molecule has 1 aromatic heterocycles. The molecule has 0 amide bonds. The lowest BCUT2D eigenvalue weighted by Gasteiger charge is -2.15. The van der Waals surface area contributed by atoms with Gasteiger partial charge in [-0.25, -0.2) is 0 Å². The van der Waals surface area contributed by atoms with Gasteiger partial charge in [0.15, 0.2) is 5.43 Å². The number of benzene rings is 1.